The van der Waals surface area contributed by atoms with Crippen molar-refractivity contribution in [3.63, 3.8) is 0 Å². The number of pyridine rings is 1. The van der Waals surface area contributed by atoms with Gasteiger partial charge in [-0.05, 0) is 30.7 Å². The Morgan fingerprint density at radius 3 is 2.65 bits per heavy atom. The van der Waals surface area contributed by atoms with E-state index in [0.717, 1.165) is 22.7 Å². The number of nitrogens with zero attached hydrogens (tertiary/aromatic N) is 3. The summed E-state index contributed by atoms with van der Waals surface area (Å²) >= 11 is 0. The van der Waals surface area contributed by atoms with Crippen molar-refractivity contribution in [2.75, 3.05) is 36.1 Å². The molecular formula is C17H17N3O3. The highest BCUT2D eigenvalue weighted by atomic mass is 16.6. The lowest BCUT2D eigenvalue weighted by atomic mass is 10.2. The number of rotatable bonds is 2. The zero-order valence-electron chi connectivity index (χ0n) is 12.9. The minimum absolute atomic E-state index is 0.0437. The van der Waals surface area contributed by atoms with Gasteiger partial charge in [0.15, 0.2) is 11.5 Å². The molecule has 23 heavy (non-hydrogen) atoms. The fourth-order valence-electron chi connectivity index (χ4n) is 2.94. The molecule has 0 saturated carbocycles. The molecular weight excluding hydrogens is 294 g/mol. The minimum Gasteiger partial charge on any atom is -0.486 e. The maximum Gasteiger partial charge on any atom is 0.329 e. The molecule has 0 spiro atoms. The molecule has 4 rings (SSSR count). The van der Waals surface area contributed by atoms with Gasteiger partial charge in [-0.3, -0.25) is 14.8 Å². The Bertz CT molecular complexity index is 762. The number of anilines is 2. The van der Waals surface area contributed by atoms with Crippen molar-refractivity contribution in [2.45, 2.75) is 6.92 Å². The van der Waals surface area contributed by atoms with Crippen molar-refractivity contribution < 1.29 is 14.3 Å². The molecule has 2 amide bonds. The van der Waals surface area contributed by atoms with Gasteiger partial charge in [0.1, 0.15) is 13.2 Å². The highest BCUT2D eigenvalue weighted by Gasteiger charge is 2.32. The van der Waals surface area contributed by atoms with E-state index in [1.807, 2.05) is 31.2 Å². The Morgan fingerprint density at radius 2 is 1.83 bits per heavy atom. The standard InChI is InChI=1S/C17H17N3O3/c1-12-4-5-18-11-14(12)20-7-6-19(17(20)21)13-2-3-15-16(10-13)23-9-8-22-15/h2-5,10-11H,6-9H2,1H3. The van der Waals surface area contributed by atoms with E-state index in [1.165, 1.54) is 0 Å². The van der Waals surface area contributed by atoms with Crippen LogP contribution in [0.15, 0.2) is 36.7 Å². The number of hydrogen-bond donors (Lipinski definition) is 0. The van der Waals surface area contributed by atoms with Crippen molar-refractivity contribution in [3.8, 4) is 11.5 Å². The number of carbonyl (C=O) groups excluding carboxylic acids is 1. The number of aromatic nitrogens is 1. The SMILES string of the molecule is Cc1ccncc1N1CCN(c2ccc3c(c2)OCCO3)C1=O. The number of benzene rings is 1. The predicted octanol–water partition coefficient (Wildman–Crippen LogP) is 2.61. The third-order valence-electron chi connectivity index (χ3n) is 4.15. The number of carbonyl (C=O) groups is 1. The van der Waals surface area contributed by atoms with Gasteiger partial charge in [0, 0.05) is 31.0 Å². The first-order valence-electron chi connectivity index (χ1n) is 7.63. The molecule has 0 N–H and O–H groups in total. The van der Waals surface area contributed by atoms with Crippen LogP contribution in [0, 0.1) is 6.92 Å². The van der Waals surface area contributed by atoms with E-state index in [-0.39, 0.29) is 6.03 Å². The van der Waals surface area contributed by atoms with Crippen molar-refractivity contribution in [3.05, 3.63) is 42.2 Å². The topological polar surface area (TPSA) is 54.9 Å². The van der Waals surface area contributed by atoms with E-state index >= 15 is 0 Å². The van der Waals surface area contributed by atoms with Crippen LogP contribution in [-0.4, -0.2) is 37.3 Å². The van der Waals surface area contributed by atoms with Crippen molar-refractivity contribution in [1.82, 2.24) is 4.98 Å². The highest BCUT2D eigenvalue weighted by Crippen LogP contribution is 2.35. The number of hydrogen-bond acceptors (Lipinski definition) is 4. The van der Waals surface area contributed by atoms with Crippen LogP contribution in [0.5, 0.6) is 11.5 Å². The molecule has 1 saturated heterocycles. The Labute approximate surface area is 134 Å². The van der Waals surface area contributed by atoms with Gasteiger partial charge in [0.05, 0.1) is 11.9 Å². The smallest absolute Gasteiger partial charge is 0.329 e. The average Bonchev–Trinajstić information content (AvgIpc) is 2.96. The summed E-state index contributed by atoms with van der Waals surface area (Å²) in [4.78, 5) is 20.4. The van der Waals surface area contributed by atoms with Gasteiger partial charge < -0.3 is 9.47 Å². The monoisotopic (exact) mass is 311 g/mol. The van der Waals surface area contributed by atoms with Gasteiger partial charge in [-0.15, -0.1) is 0 Å². The fraction of sp³-hybridized carbons (Fsp3) is 0.294. The zero-order chi connectivity index (χ0) is 15.8. The van der Waals surface area contributed by atoms with E-state index in [1.54, 1.807) is 22.2 Å². The van der Waals surface area contributed by atoms with Gasteiger partial charge in [0.2, 0.25) is 0 Å². The highest BCUT2D eigenvalue weighted by molar-refractivity contribution is 6.06. The van der Waals surface area contributed by atoms with Gasteiger partial charge in [-0.2, -0.15) is 0 Å². The molecule has 118 valence electrons. The summed E-state index contributed by atoms with van der Waals surface area (Å²) in [6, 6.07) is 7.49. The van der Waals surface area contributed by atoms with Crippen LogP contribution in [0.4, 0.5) is 16.2 Å². The van der Waals surface area contributed by atoms with Crippen molar-refractivity contribution in [2.24, 2.45) is 0 Å². The second-order valence-corrected chi connectivity index (χ2v) is 5.58. The van der Waals surface area contributed by atoms with Crippen LogP contribution in [-0.2, 0) is 0 Å². The molecule has 0 aliphatic carbocycles. The van der Waals surface area contributed by atoms with Gasteiger partial charge >= 0.3 is 6.03 Å². The lowest BCUT2D eigenvalue weighted by Crippen LogP contribution is -2.32. The molecule has 1 fully saturated rings. The number of amides is 2. The van der Waals surface area contributed by atoms with Crippen LogP contribution in [0.3, 0.4) is 0 Å². The summed E-state index contributed by atoms with van der Waals surface area (Å²) in [7, 11) is 0. The Hall–Kier alpha value is -2.76. The molecule has 6 nitrogen and oxygen atoms in total. The maximum absolute atomic E-state index is 12.8. The minimum atomic E-state index is -0.0437. The Balaban J connectivity index is 1.62. The van der Waals surface area contributed by atoms with Crippen LogP contribution in [0.25, 0.3) is 0 Å². The van der Waals surface area contributed by atoms with Crippen molar-refractivity contribution >= 4 is 17.4 Å². The molecule has 0 unspecified atom stereocenters. The molecule has 3 heterocycles. The van der Waals surface area contributed by atoms with Crippen molar-refractivity contribution in [1.29, 1.82) is 0 Å². The first kappa shape index (κ1) is 13.9. The number of fused-ring (bicyclic) bond motifs is 1. The van der Waals surface area contributed by atoms with E-state index in [4.69, 9.17) is 9.47 Å². The van der Waals surface area contributed by atoms with Crippen LogP contribution < -0.4 is 19.3 Å². The average molecular weight is 311 g/mol. The van der Waals surface area contributed by atoms with E-state index in [2.05, 4.69) is 4.98 Å². The molecule has 1 aromatic carbocycles. The molecule has 2 aromatic rings. The summed E-state index contributed by atoms with van der Waals surface area (Å²) in [5.74, 6) is 1.42. The molecule has 2 aliphatic rings. The predicted molar refractivity (Wildman–Crippen MR) is 86.5 cm³/mol. The molecule has 6 heteroatoms. The molecule has 0 bridgehead atoms. The summed E-state index contributed by atoms with van der Waals surface area (Å²) in [6.07, 6.45) is 3.47. The second-order valence-electron chi connectivity index (χ2n) is 5.58. The van der Waals surface area contributed by atoms with Crippen LogP contribution in [0.2, 0.25) is 0 Å². The number of aryl methyl sites for hydroxylation is 1. The maximum atomic E-state index is 12.8. The first-order valence-corrected chi connectivity index (χ1v) is 7.63. The summed E-state index contributed by atoms with van der Waals surface area (Å²) < 4.78 is 11.1. The van der Waals surface area contributed by atoms with E-state index in [9.17, 15) is 4.79 Å². The Kier molecular flexibility index (Phi) is 3.29. The second kappa shape index (κ2) is 5.46. The number of urea groups is 1. The molecule has 1 aromatic heterocycles. The third-order valence-corrected chi connectivity index (χ3v) is 4.15. The summed E-state index contributed by atoms with van der Waals surface area (Å²) in [5, 5.41) is 0. The molecule has 0 atom stereocenters. The van der Waals surface area contributed by atoms with Gasteiger partial charge in [-0.1, -0.05) is 0 Å². The largest absolute Gasteiger partial charge is 0.486 e. The van der Waals surface area contributed by atoms with Crippen LogP contribution in [0.1, 0.15) is 5.56 Å². The lowest BCUT2D eigenvalue weighted by molar-refractivity contribution is 0.171. The van der Waals surface area contributed by atoms with Gasteiger partial charge in [-0.25, -0.2) is 4.79 Å². The zero-order valence-corrected chi connectivity index (χ0v) is 12.9. The summed E-state index contributed by atoms with van der Waals surface area (Å²) in [6.45, 7) is 4.35. The lowest BCUT2D eigenvalue weighted by Gasteiger charge is -2.22. The molecule has 0 radical (unpaired) electrons. The molecule has 2 aliphatic heterocycles. The quantitative estimate of drug-likeness (QED) is 0.855. The normalized spacial score (nSPS) is 16.8. The third kappa shape index (κ3) is 2.36. The van der Waals surface area contributed by atoms with Crippen LogP contribution >= 0.6 is 0 Å². The Morgan fingerprint density at radius 1 is 1.04 bits per heavy atom. The summed E-state index contributed by atoms with van der Waals surface area (Å²) in [5.41, 5.74) is 2.72. The van der Waals surface area contributed by atoms with E-state index < -0.39 is 0 Å². The number of ether oxygens (including phenoxy) is 2. The first-order chi connectivity index (χ1) is 11.2. The fourth-order valence-corrected chi connectivity index (χ4v) is 2.94. The van der Waals surface area contributed by atoms with Gasteiger partial charge in [0.25, 0.3) is 0 Å². The van der Waals surface area contributed by atoms with E-state index in [0.29, 0.717) is 32.1 Å².